The van der Waals surface area contributed by atoms with Gasteiger partial charge < -0.3 is 15.5 Å². The van der Waals surface area contributed by atoms with E-state index < -0.39 is 0 Å². The van der Waals surface area contributed by atoms with Crippen LogP contribution in [0.15, 0.2) is 18.2 Å². The van der Waals surface area contributed by atoms with Crippen molar-refractivity contribution in [1.82, 2.24) is 5.32 Å². The van der Waals surface area contributed by atoms with Gasteiger partial charge in [0.15, 0.2) is 0 Å². The third kappa shape index (κ3) is 2.82. The van der Waals surface area contributed by atoms with E-state index in [0.717, 1.165) is 30.9 Å². The molecule has 0 bridgehead atoms. The van der Waals surface area contributed by atoms with E-state index in [0.29, 0.717) is 0 Å². The van der Waals surface area contributed by atoms with Crippen molar-refractivity contribution in [2.24, 2.45) is 5.92 Å². The third-order valence-corrected chi connectivity index (χ3v) is 3.39. The number of carbonyl (C=O) groups excluding carboxylic acids is 1. The van der Waals surface area contributed by atoms with E-state index in [9.17, 15) is 4.79 Å². The van der Waals surface area contributed by atoms with Crippen molar-refractivity contribution in [1.29, 1.82) is 0 Å². The Labute approximate surface area is 108 Å². The standard InChI is InChI=1S/C14H21N3O/c1-10-4-5-12(8-13(10)17(2)3)16-14(18)11-6-7-15-9-11/h4-5,8,11,15H,6-7,9H2,1-3H3,(H,16,18). The lowest BCUT2D eigenvalue weighted by atomic mass is 10.1. The molecule has 2 N–H and O–H groups in total. The third-order valence-electron chi connectivity index (χ3n) is 3.39. The number of carbonyl (C=O) groups is 1. The van der Waals surface area contributed by atoms with E-state index in [1.54, 1.807) is 0 Å². The average Bonchev–Trinajstić information content (AvgIpc) is 2.85. The lowest BCUT2D eigenvalue weighted by Crippen LogP contribution is -2.24. The van der Waals surface area contributed by atoms with Crippen LogP contribution in [0.1, 0.15) is 12.0 Å². The molecule has 98 valence electrons. The highest BCUT2D eigenvalue weighted by molar-refractivity contribution is 5.93. The first-order valence-corrected chi connectivity index (χ1v) is 6.37. The second kappa shape index (κ2) is 5.40. The van der Waals surface area contributed by atoms with Gasteiger partial charge >= 0.3 is 0 Å². The summed E-state index contributed by atoms with van der Waals surface area (Å²) in [7, 11) is 4.02. The molecule has 1 heterocycles. The average molecular weight is 247 g/mol. The number of anilines is 2. The van der Waals surface area contributed by atoms with Crippen LogP contribution in [-0.2, 0) is 4.79 Å². The summed E-state index contributed by atoms with van der Waals surface area (Å²) < 4.78 is 0. The molecular weight excluding hydrogens is 226 g/mol. The normalized spacial score (nSPS) is 18.7. The summed E-state index contributed by atoms with van der Waals surface area (Å²) in [4.78, 5) is 14.1. The van der Waals surface area contributed by atoms with Crippen molar-refractivity contribution >= 4 is 17.3 Å². The Morgan fingerprint density at radius 2 is 2.22 bits per heavy atom. The van der Waals surface area contributed by atoms with E-state index >= 15 is 0 Å². The molecule has 4 nitrogen and oxygen atoms in total. The largest absolute Gasteiger partial charge is 0.377 e. The van der Waals surface area contributed by atoms with Gasteiger partial charge in [-0.15, -0.1) is 0 Å². The zero-order valence-electron chi connectivity index (χ0n) is 11.3. The van der Waals surface area contributed by atoms with Gasteiger partial charge in [-0.25, -0.2) is 0 Å². The van der Waals surface area contributed by atoms with Gasteiger partial charge in [-0.2, -0.15) is 0 Å². The fourth-order valence-corrected chi connectivity index (χ4v) is 2.29. The van der Waals surface area contributed by atoms with Crippen LogP contribution < -0.4 is 15.5 Å². The molecule has 1 aliphatic heterocycles. The lowest BCUT2D eigenvalue weighted by molar-refractivity contribution is -0.119. The monoisotopic (exact) mass is 247 g/mol. The maximum atomic E-state index is 12.0. The Morgan fingerprint density at radius 3 is 2.83 bits per heavy atom. The zero-order chi connectivity index (χ0) is 13.1. The molecule has 1 aromatic rings. The van der Waals surface area contributed by atoms with E-state index in [1.165, 1.54) is 5.56 Å². The number of nitrogens with zero attached hydrogens (tertiary/aromatic N) is 1. The molecule has 4 heteroatoms. The van der Waals surface area contributed by atoms with E-state index in [1.807, 2.05) is 32.3 Å². The van der Waals surface area contributed by atoms with Crippen LogP contribution in [0, 0.1) is 12.8 Å². The summed E-state index contributed by atoms with van der Waals surface area (Å²) in [5.74, 6) is 0.225. The second-order valence-corrected chi connectivity index (χ2v) is 5.07. The molecule has 1 saturated heterocycles. The molecule has 1 aromatic carbocycles. The molecule has 1 atom stereocenters. The molecular formula is C14H21N3O. The Morgan fingerprint density at radius 1 is 1.44 bits per heavy atom. The fourth-order valence-electron chi connectivity index (χ4n) is 2.29. The van der Waals surface area contributed by atoms with Gasteiger partial charge in [0, 0.05) is 32.0 Å². The minimum absolute atomic E-state index is 0.106. The molecule has 0 aromatic heterocycles. The first-order valence-electron chi connectivity index (χ1n) is 6.37. The summed E-state index contributed by atoms with van der Waals surface area (Å²) in [5, 5.41) is 6.21. The van der Waals surface area contributed by atoms with Gasteiger partial charge in [0.05, 0.1) is 5.92 Å². The van der Waals surface area contributed by atoms with E-state index in [4.69, 9.17) is 0 Å². The molecule has 0 aliphatic carbocycles. The maximum absolute atomic E-state index is 12.0. The van der Waals surface area contributed by atoms with Gasteiger partial charge in [0.2, 0.25) is 5.91 Å². The number of benzene rings is 1. The van der Waals surface area contributed by atoms with Crippen molar-refractivity contribution in [2.75, 3.05) is 37.4 Å². The summed E-state index contributed by atoms with van der Waals surface area (Å²) in [5.41, 5.74) is 3.22. The molecule has 18 heavy (non-hydrogen) atoms. The number of amides is 1. The molecule has 1 fully saturated rings. The summed E-state index contributed by atoms with van der Waals surface area (Å²) >= 11 is 0. The van der Waals surface area contributed by atoms with Crippen molar-refractivity contribution < 1.29 is 4.79 Å². The predicted molar refractivity (Wildman–Crippen MR) is 75.1 cm³/mol. The van der Waals surface area contributed by atoms with Crippen LogP contribution in [0.4, 0.5) is 11.4 Å². The number of nitrogens with one attached hydrogen (secondary N) is 2. The van der Waals surface area contributed by atoms with Crippen LogP contribution in [0.3, 0.4) is 0 Å². The molecule has 1 unspecified atom stereocenters. The van der Waals surface area contributed by atoms with Gasteiger partial charge in [0.1, 0.15) is 0 Å². The van der Waals surface area contributed by atoms with Crippen LogP contribution >= 0.6 is 0 Å². The lowest BCUT2D eigenvalue weighted by Gasteiger charge is -2.18. The van der Waals surface area contributed by atoms with Crippen molar-refractivity contribution in [3.05, 3.63) is 23.8 Å². The van der Waals surface area contributed by atoms with Crippen molar-refractivity contribution in [2.45, 2.75) is 13.3 Å². The number of rotatable bonds is 3. The molecule has 1 aliphatic rings. The highest BCUT2D eigenvalue weighted by Crippen LogP contribution is 2.23. The number of hydrogen-bond donors (Lipinski definition) is 2. The molecule has 0 saturated carbocycles. The van der Waals surface area contributed by atoms with Gasteiger partial charge in [-0.1, -0.05) is 6.07 Å². The number of hydrogen-bond acceptors (Lipinski definition) is 3. The SMILES string of the molecule is Cc1ccc(NC(=O)C2CCNC2)cc1N(C)C. The molecule has 0 spiro atoms. The first kappa shape index (κ1) is 12.9. The quantitative estimate of drug-likeness (QED) is 0.853. The topological polar surface area (TPSA) is 44.4 Å². The highest BCUT2D eigenvalue weighted by atomic mass is 16.1. The van der Waals surface area contributed by atoms with Gasteiger partial charge in [-0.05, 0) is 37.6 Å². The smallest absolute Gasteiger partial charge is 0.228 e. The van der Waals surface area contributed by atoms with Crippen LogP contribution in [0.5, 0.6) is 0 Å². The summed E-state index contributed by atoms with van der Waals surface area (Å²) in [6, 6.07) is 6.02. The fraction of sp³-hybridized carbons (Fsp3) is 0.500. The molecule has 2 rings (SSSR count). The highest BCUT2D eigenvalue weighted by Gasteiger charge is 2.22. The predicted octanol–water partition coefficient (Wildman–Crippen LogP) is 1.61. The number of aryl methyl sites for hydroxylation is 1. The van der Waals surface area contributed by atoms with Crippen LogP contribution in [0.2, 0.25) is 0 Å². The van der Waals surface area contributed by atoms with Crippen LogP contribution in [-0.4, -0.2) is 33.1 Å². The van der Waals surface area contributed by atoms with Gasteiger partial charge in [-0.3, -0.25) is 4.79 Å². The Bertz CT molecular complexity index is 437. The molecule has 1 amide bonds. The zero-order valence-corrected chi connectivity index (χ0v) is 11.3. The van der Waals surface area contributed by atoms with E-state index in [2.05, 4.69) is 22.5 Å². The minimum atomic E-state index is 0.106. The Balaban J connectivity index is 2.09. The minimum Gasteiger partial charge on any atom is -0.377 e. The summed E-state index contributed by atoms with van der Waals surface area (Å²) in [6.45, 7) is 3.80. The second-order valence-electron chi connectivity index (χ2n) is 5.07. The first-order chi connectivity index (χ1) is 8.58. The van der Waals surface area contributed by atoms with Crippen molar-refractivity contribution in [3.63, 3.8) is 0 Å². The van der Waals surface area contributed by atoms with Crippen LogP contribution in [0.25, 0.3) is 0 Å². The maximum Gasteiger partial charge on any atom is 0.228 e. The van der Waals surface area contributed by atoms with E-state index in [-0.39, 0.29) is 11.8 Å². The Hall–Kier alpha value is -1.55. The van der Waals surface area contributed by atoms with Gasteiger partial charge in [0.25, 0.3) is 0 Å². The summed E-state index contributed by atoms with van der Waals surface area (Å²) in [6.07, 6.45) is 0.929. The Kier molecular flexibility index (Phi) is 3.87. The molecule has 0 radical (unpaired) electrons. The van der Waals surface area contributed by atoms with Crippen molar-refractivity contribution in [3.8, 4) is 0 Å².